The summed E-state index contributed by atoms with van der Waals surface area (Å²) >= 11 is 0. The van der Waals surface area contributed by atoms with Crippen molar-refractivity contribution in [1.82, 2.24) is 0 Å². The molecule has 0 radical (unpaired) electrons. The number of carboxylic acids is 1. The molecule has 0 saturated heterocycles. The Morgan fingerprint density at radius 3 is 2.42 bits per heavy atom. The van der Waals surface area contributed by atoms with E-state index < -0.39 is 38.1 Å². The molecule has 7 nitrogen and oxygen atoms in total. The number of carbonyl (C=O) groups excluding carboxylic acids is 1. The molecule has 9 heteroatoms. The van der Waals surface area contributed by atoms with Gasteiger partial charge in [0.1, 0.15) is 0 Å². The van der Waals surface area contributed by atoms with Crippen LogP contribution in [0.15, 0.2) is 17.0 Å². The standard InChI is InChI=1S/C10H9O7S.Na/c1-2-17-10(13)7-5-3-4-6(9(11)12)8(7)18(14,15)16;/h3,5H,2H2,1H3,(H,11,12)(H,14,15,16);/q-1;+1. The van der Waals surface area contributed by atoms with Crippen molar-refractivity contribution in [3.05, 3.63) is 29.3 Å². The Morgan fingerprint density at radius 2 is 2.00 bits per heavy atom. The molecule has 0 atom stereocenters. The van der Waals surface area contributed by atoms with Gasteiger partial charge in [-0.1, -0.05) is 0 Å². The summed E-state index contributed by atoms with van der Waals surface area (Å²) in [7, 11) is -4.89. The first-order valence-corrected chi connectivity index (χ1v) is 6.15. The van der Waals surface area contributed by atoms with Crippen LogP contribution in [0.3, 0.4) is 0 Å². The summed E-state index contributed by atoms with van der Waals surface area (Å²) in [5, 5.41) is 8.81. The molecule has 1 aromatic carbocycles. The third-order valence-electron chi connectivity index (χ3n) is 1.92. The van der Waals surface area contributed by atoms with E-state index in [-0.39, 0.29) is 36.2 Å². The largest absolute Gasteiger partial charge is 1.00 e. The molecule has 0 aromatic heterocycles. The monoisotopic (exact) mass is 296 g/mol. The van der Waals surface area contributed by atoms with Gasteiger partial charge in [0.15, 0.2) is 0 Å². The summed E-state index contributed by atoms with van der Waals surface area (Å²) in [6.07, 6.45) is 0. The van der Waals surface area contributed by atoms with Crippen LogP contribution in [-0.2, 0) is 14.9 Å². The van der Waals surface area contributed by atoms with Crippen LogP contribution in [0.2, 0.25) is 0 Å². The molecule has 0 aliphatic carbocycles. The van der Waals surface area contributed by atoms with Gasteiger partial charge in [0, 0.05) is 4.90 Å². The second-order valence-electron chi connectivity index (χ2n) is 3.10. The zero-order valence-electron chi connectivity index (χ0n) is 10.2. The number of esters is 1. The summed E-state index contributed by atoms with van der Waals surface area (Å²) in [5.41, 5.74) is -1.36. The van der Waals surface area contributed by atoms with Crippen LogP contribution in [0.1, 0.15) is 27.6 Å². The van der Waals surface area contributed by atoms with Gasteiger partial charge in [-0.25, -0.2) is 13.2 Å². The number of benzene rings is 1. The van der Waals surface area contributed by atoms with Gasteiger partial charge in [0.25, 0.3) is 10.1 Å². The van der Waals surface area contributed by atoms with Crippen molar-refractivity contribution < 1.29 is 62.0 Å². The summed E-state index contributed by atoms with van der Waals surface area (Å²) in [6.45, 7) is 1.48. The summed E-state index contributed by atoms with van der Waals surface area (Å²) in [5.74, 6) is -2.67. The minimum Gasteiger partial charge on any atom is -0.521 e. The van der Waals surface area contributed by atoms with Gasteiger partial charge in [-0.3, -0.25) is 4.55 Å². The molecule has 0 bridgehead atoms. The zero-order chi connectivity index (χ0) is 13.9. The van der Waals surface area contributed by atoms with Crippen LogP contribution in [0.5, 0.6) is 0 Å². The van der Waals surface area contributed by atoms with E-state index in [0.717, 1.165) is 12.1 Å². The third kappa shape index (κ3) is 4.29. The molecule has 0 fully saturated rings. The SMILES string of the molecule is CCOC(=O)c1cc[c-]c(C(=O)O)c1S(=O)(=O)O.[Na+]. The topological polar surface area (TPSA) is 118 Å². The number of ether oxygens (including phenoxy) is 1. The van der Waals surface area contributed by atoms with Crippen molar-refractivity contribution in [3.63, 3.8) is 0 Å². The van der Waals surface area contributed by atoms with Crippen LogP contribution in [-0.4, -0.2) is 36.6 Å². The maximum atomic E-state index is 11.5. The predicted molar refractivity (Wildman–Crippen MR) is 58.0 cm³/mol. The van der Waals surface area contributed by atoms with Gasteiger partial charge in [-0.15, -0.1) is 18.2 Å². The summed E-state index contributed by atoms with van der Waals surface area (Å²) < 4.78 is 35.9. The molecule has 2 N–H and O–H groups in total. The van der Waals surface area contributed by atoms with E-state index in [2.05, 4.69) is 10.8 Å². The molecule has 0 spiro atoms. The number of carbonyl (C=O) groups is 2. The molecule has 0 unspecified atom stereocenters. The van der Waals surface area contributed by atoms with E-state index in [9.17, 15) is 18.0 Å². The van der Waals surface area contributed by atoms with Crippen molar-refractivity contribution in [2.24, 2.45) is 0 Å². The van der Waals surface area contributed by atoms with Crippen LogP contribution < -0.4 is 29.6 Å². The van der Waals surface area contributed by atoms with Gasteiger partial charge in [-0.05, 0) is 18.1 Å². The fraction of sp³-hybridized carbons (Fsp3) is 0.200. The van der Waals surface area contributed by atoms with Crippen LogP contribution in [0.4, 0.5) is 0 Å². The Bertz CT molecular complexity index is 594. The van der Waals surface area contributed by atoms with E-state index in [1.807, 2.05) is 0 Å². The van der Waals surface area contributed by atoms with E-state index in [1.54, 1.807) is 0 Å². The molecule has 0 saturated carbocycles. The second kappa shape index (κ2) is 7.01. The first-order valence-electron chi connectivity index (χ1n) is 4.71. The fourth-order valence-corrected chi connectivity index (χ4v) is 2.11. The zero-order valence-corrected chi connectivity index (χ0v) is 13.0. The van der Waals surface area contributed by atoms with Crippen molar-refractivity contribution in [2.45, 2.75) is 11.8 Å². The maximum Gasteiger partial charge on any atom is 1.00 e. The van der Waals surface area contributed by atoms with E-state index >= 15 is 0 Å². The maximum absolute atomic E-state index is 11.5. The number of hydrogen-bond acceptors (Lipinski definition) is 5. The summed E-state index contributed by atoms with van der Waals surface area (Å²) in [6, 6.07) is 4.20. The van der Waals surface area contributed by atoms with Gasteiger partial charge >= 0.3 is 35.5 Å². The molecule has 0 aliphatic rings. The molecule has 0 heterocycles. The molecule has 98 valence electrons. The van der Waals surface area contributed by atoms with Crippen LogP contribution in [0, 0.1) is 6.07 Å². The van der Waals surface area contributed by atoms with Gasteiger partial charge < -0.3 is 14.6 Å². The van der Waals surface area contributed by atoms with Crippen LogP contribution in [0.25, 0.3) is 0 Å². The molecule has 1 aromatic rings. The van der Waals surface area contributed by atoms with Crippen molar-refractivity contribution in [1.29, 1.82) is 0 Å². The van der Waals surface area contributed by atoms with Crippen molar-refractivity contribution >= 4 is 22.1 Å². The number of aromatic carboxylic acids is 1. The average molecular weight is 296 g/mol. The Morgan fingerprint density at radius 1 is 1.42 bits per heavy atom. The normalized spacial score (nSPS) is 10.4. The van der Waals surface area contributed by atoms with Gasteiger partial charge in [-0.2, -0.15) is 0 Å². The number of rotatable bonds is 4. The Balaban J connectivity index is 0.00000324. The Hall–Kier alpha value is -0.930. The molecule has 1 rings (SSSR count). The number of carboxylic acid groups (broad SMARTS) is 1. The smallest absolute Gasteiger partial charge is 0.521 e. The third-order valence-corrected chi connectivity index (χ3v) is 2.86. The van der Waals surface area contributed by atoms with Crippen LogP contribution >= 0.6 is 0 Å². The van der Waals surface area contributed by atoms with Crippen molar-refractivity contribution in [2.75, 3.05) is 6.61 Å². The quantitative estimate of drug-likeness (QED) is 0.275. The second-order valence-corrected chi connectivity index (χ2v) is 4.45. The molecule has 0 aliphatic heterocycles. The number of hydrogen-bond donors (Lipinski definition) is 2. The predicted octanol–water partition coefficient (Wildman–Crippen LogP) is -2.39. The summed E-state index contributed by atoms with van der Waals surface area (Å²) in [4.78, 5) is 21.3. The minimum atomic E-state index is -4.89. The first-order chi connectivity index (χ1) is 8.29. The molecular formula is C10H9NaO7S. The van der Waals surface area contributed by atoms with Gasteiger partial charge in [0.2, 0.25) is 5.97 Å². The average Bonchev–Trinajstić information content (AvgIpc) is 2.27. The fourth-order valence-electron chi connectivity index (χ4n) is 1.28. The van der Waals surface area contributed by atoms with E-state index in [4.69, 9.17) is 9.66 Å². The molecule has 0 amide bonds. The first kappa shape index (κ1) is 18.1. The molecule has 19 heavy (non-hydrogen) atoms. The minimum absolute atomic E-state index is 0. The Labute approximate surface area is 131 Å². The van der Waals surface area contributed by atoms with Gasteiger partial charge in [0.05, 0.1) is 6.61 Å². The van der Waals surface area contributed by atoms with Crippen molar-refractivity contribution in [3.8, 4) is 0 Å². The molecular weight excluding hydrogens is 287 g/mol. The van der Waals surface area contributed by atoms with E-state index in [1.165, 1.54) is 6.92 Å². The Kier molecular flexibility index (Phi) is 6.67. The van der Waals surface area contributed by atoms with E-state index in [0.29, 0.717) is 0 Å².